The third-order valence-electron chi connectivity index (χ3n) is 6.86. The molecule has 2 heterocycles. The fraction of sp³-hybridized carbons (Fsp3) is 0.560. The maximum Gasteiger partial charge on any atom is 0.257 e. The molecule has 2 N–H and O–H groups in total. The number of hydrogen-bond acceptors (Lipinski definition) is 6. The zero-order valence-electron chi connectivity index (χ0n) is 19.4. The maximum atomic E-state index is 13.2. The summed E-state index contributed by atoms with van der Waals surface area (Å²) in [4.78, 5) is 31.8. The summed E-state index contributed by atoms with van der Waals surface area (Å²) in [6.45, 7) is 7.01. The highest BCUT2D eigenvalue weighted by Gasteiger charge is 2.36. The van der Waals surface area contributed by atoms with Crippen molar-refractivity contribution in [2.24, 2.45) is 11.3 Å². The number of rotatable bonds is 4. The number of aryl methyl sites for hydroxylation is 1. The SMILES string of the molecule is CC1CC(NC(=O)C2CCCc3sc(NC(=O)c4ccc5c(c4)OCO5)nc32)CC(C)(C)C1. The van der Waals surface area contributed by atoms with Crippen molar-refractivity contribution in [3.63, 3.8) is 0 Å². The highest BCUT2D eigenvalue weighted by molar-refractivity contribution is 7.16. The molecule has 0 saturated heterocycles. The van der Waals surface area contributed by atoms with E-state index >= 15 is 0 Å². The number of carbonyl (C=O) groups is 2. The van der Waals surface area contributed by atoms with Crippen molar-refractivity contribution in [2.75, 3.05) is 12.1 Å². The number of anilines is 1. The van der Waals surface area contributed by atoms with E-state index in [9.17, 15) is 9.59 Å². The van der Waals surface area contributed by atoms with Crippen LogP contribution in [0.25, 0.3) is 0 Å². The molecule has 176 valence electrons. The number of hydrogen-bond donors (Lipinski definition) is 2. The lowest BCUT2D eigenvalue weighted by atomic mass is 9.70. The highest BCUT2D eigenvalue weighted by atomic mass is 32.1. The Morgan fingerprint density at radius 3 is 2.82 bits per heavy atom. The minimum absolute atomic E-state index is 0.0739. The number of fused-ring (bicyclic) bond motifs is 2. The molecule has 0 spiro atoms. The minimum Gasteiger partial charge on any atom is -0.454 e. The molecular weight excluding hydrogens is 438 g/mol. The lowest BCUT2D eigenvalue weighted by Gasteiger charge is -2.39. The Kier molecular flexibility index (Phi) is 5.80. The second-order valence-electron chi connectivity index (χ2n) is 10.4. The molecule has 7 nitrogen and oxygen atoms in total. The average molecular weight is 470 g/mol. The molecule has 2 aromatic rings. The molecule has 0 bridgehead atoms. The van der Waals surface area contributed by atoms with Gasteiger partial charge in [-0.25, -0.2) is 4.98 Å². The smallest absolute Gasteiger partial charge is 0.257 e. The molecule has 1 aromatic carbocycles. The Morgan fingerprint density at radius 1 is 1.18 bits per heavy atom. The monoisotopic (exact) mass is 469 g/mol. The molecule has 1 aliphatic heterocycles. The average Bonchev–Trinajstić information content (AvgIpc) is 3.37. The van der Waals surface area contributed by atoms with Gasteiger partial charge in [0.15, 0.2) is 16.6 Å². The molecule has 1 saturated carbocycles. The van der Waals surface area contributed by atoms with E-state index in [-0.39, 0.29) is 36.0 Å². The number of benzene rings is 1. The van der Waals surface area contributed by atoms with Gasteiger partial charge in [-0.2, -0.15) is 0 Å². The van der Waals surface area contributed by atoms with Crippen LogP contribution in [0.5, 0.6) is 11.5 Å². The quantitative estimate of drug-likeness (QED) is 0.666. The molecule has 2 aliphatic carbocycles. The number of ether oxygens (including phenoxy) is 2. The molecule has 2 amide bonds. The highest BCUT2D eigenvalue weighted by Crippen LogP contribution is 2.40. The first-order valence-electron chi connectivity index (χ1n) is 11.8. The van der Waals surface area contributed by atoms with Crippen LogP contribution in [0.1, 0.15) is 79.7 Å². The van der Waals surface area contributed by atoms with Gasteiger partial charge >= 0.3 is 0 Å². The van der Waals surface area contributed by atoms with Crippen molar-refractivity contribution in [1.82, 2.24) is 10.3 Å². The van der Waals surface area contributed by atoms with Crippen molar-refractivity contribution in [1.29, 1.82) is 0 Å². The van der Waals surface area contributed by atoms with Crippen LogP contribution < -0.4 is 20.1 Å². The van der Waals surface area contributed by atoms with E-state index in [1.807, 2.05) is 0 Å². The van der Waals surface area contributed by atoms with Crippen LogP contribution in [-0.4, -0.2) is 29.6 Å². The summed E-state index contributed by atoms with van der Waals surface area (Å²) in [5.74, 6) is 1.39. The number of amides is 2. The van der Waals surface area contributed by atoms with Crippen LogP contribution in [0, 0.1) is 11.3 Å². The van der Waals surface area contributed by atoms with Crippen LogP contribution >= 0.6 is 11.3 Å². The molecule has 8 heteroatoms. The molecule has 3 atom stereocenters. The summed E-state index contributed by atoms with van der Waals surface area (Å²) >= 11 is 1.47. The third kappa shape index (κ3) is 4.71. The summed E-state index contributed by atoms with van der Waals surface area (Å²) < 4.78 is 10.7. The van der Waals surface area contributed by atoms with Crippen LogP contribution in [0.3, 0.4) is 0 Å². The van der Waals surface area contributed by atoms with Crippen LogP contribution in [-0.2, 0) is 11.2 Å². The van der Waals surface area contributed by atoms with Crippen LogP contribution in [0.2, 0.25) is 0 Å². The zero-order valence-corrected chi connectivity index (χ0v) is 20.2. The van der Waals surface area contributed by atoms with Gasteiger partial charge in [-0.1, -0.05) is 20.8 Å². The third-order valence-corrected chi connectivity index (χ3v) is 7.91. The van der Waals surface area contributed by atoms with Crippen molar-refractivity contribution in [3.05, 3.63) is 34.3 Å². The molecular formula is C25H31N3O4S. The van der Waals surface area contributed by atoms with E-state index in [2.05, 4.69) is 31.4 Å². The van der Waals surface area contributed by atoms with Gasteiger partial charge in [0.25, 0.3) is 5.91 Å². The van der Waals surface area contributed by atoms with Gasteiger partial charge in [0.1, 0.15) is 0 Å². The van der Waals surface area contributed by atoms with Gasteiger partial charge in [-0.3, -0.25) is 14.9 Å². The Balaban J connectivity index is 1.28. The summed E-state index contributed by atoms with van der Waals surface area (Å²) in [7, 11) is 0. The predicted octanol–water partition coefficient (Wildman–Crippen LogP) is 4.88. The van der Waals surface area contributed by atoms with Gasteiger partial charge in [-0.05, 0) is 68.1 Å². The fourth-order valence-electron chi connectivity index (χ4n) is 5.69. The summed E-state index contributed by atoms with van der Waals surface area (Å²) in [6, 6.07) is 5.33. The second kappa shape index (κ2) is 8.63. The lowest BCUT2D eigenvalue weighted by molar-refractivity contribution is -0.124. The van der Waals surface area contributed by atoms with Crippen LogP contribution in [0.15, 0.2) is 18.2 Å². The van der Waals surface area contributed by atoms with Crippen molar-refractivity contribution < 1.29 is 19.1 Å². The molecule has 1 aromatic heterocycles. The summed E-state index contributed by atoms with van der Waals surface area (Å²) in [6.07, 6.45) is 5.88. The number of aromatic nitrogens is 1. The topological polar surface area (TPSA) is 89.6 Å². The number of thiazole rings is 1. The van der Waals surface area contributed by atoms with E-state index in [0.29, 0.717) is 28.1 Å². The normalized spacial score (nSPS) is 25.2. The fourth-order valence-corrected chi connectivity index (χ4v) is 6.75. The largest absolute Gasteiger partial charge is 0.454 e. The molecule has 0 radical (unpaired) electrons. The van der Waals surface area contributed by atoms with Gasteiger partial charge in [-0.15, -0.1) is 11.3 Å². The molecule has 3 unspecified atom stereocenters. The molecule has 3 aliphatic rings. The predicted molar refractivity (Wildman–Crippen MR) is 127 cm³/mol. The molecule has 33 heavy (non-hydrogen) atoms. The Hall–Kier alpha value is -2.61. The number of nitrogens with one attached hydrogen (secondary N) is 2. The number of carbonyl (C=O) groups excluding carboxylic acids is 2. The maximum absolute atomic E-state index is 13.2. The first-order valence-corrected chi connectivity index (χ1v) is 12.6. The van der Waals surface area contributed by atoms with Gasteiger partial charge in [0, 0.05) is 16.5 Å². The number of nitrogens with zero attached hydrogens (tertiary/aromatic N) is 1. The second-order valence-corrected chi connectivity index (χ2v) is 11.5. The summed E-state index contributed by atoms with van der Waals surface area (Å²) in [5, 5.41) is 6.77. The zero-order chi connectivity index (χ0) is 23.2. The van der Waals surface area contributed by atoms with Gasteiger partial charge in [0.05, 0.1) is 11.6 Å². The van der Waals surface area contributed by atoms with Crippen molar-refractivity contribution in [3.8, 4) is 11.5 Å². The van der Waals surface area contributed by atoms with E-state index < -0.39 is 0 Å². The first-order chi connectivity index (χ1) is 15.8. The van der Waals surface area contributed by atoms with Crippen molar-refractivity contribution in [2.45, 2.75) is 71.3 Å². The Bertz CT molecular complexity index is 1080. The van der Waals surface area contributed by atoms with Gasteiger partial charge in [0.2, 0.25) is 12.7 Å². The Morgan fingerprint density at radius 2 is 2.00 bits per heavy atom. The standard InChI is InChI=1S/C25H31N3O4S/c1-14-9-16(12-25(2,3)11-14)26-23(30)17-5-4-6-20-21(17)27-24(33-20)28-22(29)15-7-8-18-19(10-15)32-13-31-18/h7-8,10,14,16-17H,4-6,9,11-13H2,1-3H3,(H,26,30)(H,27,28,29). The minimum atomic E-state index is -0.251. The van der Waals surface area contributed by atoms with E-state index in [1.54, 1.807) is 18.2 Å². The Labute approximate surface area is 198 Å². The molecule has 5 rings (SSSR count). The summed E-state index contributed by atoms with van der Waals surface area (Å²) in [5.41, 5.74) is 1.56. The molecule has 1 fully saturated rings. The first kappa shape index (κ1) is 22.2. The van der Waals surface area contributed by atoms with Gasteiger partial charge < -0.3 is 14.8 Å². The lowest BCUT2D eigenvalue weighted by Crippen LogP contribution is -2.45. The van der Waals surface area contributed by atoms with Crippen molar-refractivity contribution >= 4 is 28.3 Å². The van der Waals surface area contributed by atoms with E-state index in [0.717, 1.165) is 42.7 Å². The van der Waals surface area contributed by atoms with E-state index in [1.165, 1.54) is 17.8 Å². The van der Waals surface area contributed by atoms with Crippen LogP contribution in [0.4, 0.5) is 5.13 Å². The van der Waals surface area contributed by atoms with E-state index in [4.69, 9.17) is 14.5 Å².